The molecule has 0 aliphatic carbocycles. The quantitative estimate of drug-likeness (QED) is 0.427. The molecule has 0 spiro atoms. The summed E-state index contributed by atoms with van der Waals surface area (Å²) in [6, 6.07) is 11.0. The van der Waals surface area contributed by atoms with Crippen molar-refractivity contribution in [2.75, 3.05) is 48.8 Å². The van der Waals surface area contributed by atoms with Gasteiger partial charge in [0.1, 0.15) is 0 Å². The highest BCUT2D eigenvalue weighted by Gasteiger charge is 2.13. The lowest BCUT2D eigenvalue weighted by Gasteiger charge is -2.26. The number of aliphatic imine (C=N–C) groups is 1. The first kappa shape index (κ1) is 20.2. The molecule has 1 aromatic carbocycles. The molecule has 0 aliphatic heterocycles. The van der Waals surface area contributed by atoms with E-state index in [1.165, 1.54) is 5.56 Å². The van der Waals surface area contributed by atoms with E-state index in [9.17, 15) is 0 Å². The van der Waals surface area contributed by atoms with Crippen molar-refractivity contribution in [3.05, 3.63) is 35.9 Å². The summed E-state index contributed by atoms with van der Waals surface area (Å²) >= 11 is 0. The Balaban J connectivity index is 0.00000400. The van der Waals surface area contributed by atoms with Crippen LogP contribution in [0.2, 0.25) is 0 Å². The molecule has 4 nitrogen and oxygen atoms in total. The van der Waals surface area contributed by atoms with E-state index in [-0.39, 0.29) is 24.0 Å². The van der Waals surface area contributed by atoms with Crippen molar-refractivity contribution in [1.82, 2.24) is 14.7 Å². The number of guanidine groups is 1. The zero-order chi connectivity index (χ0) is 15.1. The van der Waals surface area contributed by atoms with Gasteiger partial charge in [0.05, 0.1) is 6.54 Å². The minimum absolute atomic E-state index is 0. The first-order valence-electron chi connectivity index (χ1n) is 7.01. The molecule has 120 valence electrons. The van der Waals surface area contributed by atoms with Crippen LogP contribution in [0.4, 0.5) is 0 Å². The number of nitrogens with zero attached hydrogens (tertiary/aromatic N) is 4. The van der Waals surface area contributed by atoms with Crippen LogP contribution in [-0.4, -0.2) is 75.5 Å². The van der Waals surface area contributed by atoms with E-state index in [1.54, 1.807) is 0 Å². The molecule has 21 heavy (non-hydrogen) atoms. The Kier molecular flexibility index (Phi) is 9.61. The third-order valence-corrected chi connectivity index (χ3v) is 3.29. The van der Waals surface area contributed by atoms with Gasteiger partial charge in [0.25, 0.3) is 0 Å². The maximum absolute atomic E-state index is 4.77. The van der Waals surface area contributed by atoms with Crippen molar-refractivity contribution in [3.63, 3.8) is 0 Å². The minimum atomic E-state index is 0. The lowest BCUT2D eigenvalue weighted by atomic mass is 10.1. The molecule has 0 saturated carbocycles. The predicted molar refractivity (Wildman–Crippen MR) is 103 cm³/mol. The van der Waals surface area contributed by atoms with Gasteiger partial charge in [-0.05, 0) is 26.1 Å². The molecule has 0 saturated heterocycles. The van der Waals surface area contributed by atoms with Gasteiger partial charge in [0, 0.05) is 34.2 Å². The zero-order valence-electron chi connectivity index (χ0n) is 14.1. The van der Waals surface area contributed by atoms with Crippen molar-refractivity contribution >= 4 is 29.9 Å². The van der Waals surface area contributed by atoms with Crippen LogP contribution in [0.5, 0.6) is 0 Å². The normalized spacial score (nSPS) is 11.6. The Morgan fingerprint density at radius 2 is 1.48 bits per heavy atom. The molecule has 0 radical (unpaired) electrons. The fraction of sp³-hybridized carbons (Fsp3) is 0.562. The molecule has 0 N–H and O–H groups in total. The monoisotopic (exact) mass is 404 g/mol. The fourth-order valence-electron chi connectivity index (χ4n) is 2.17. The number of hydrogen-bond acceptors (Lipinski definition) is 2. The summed E-state index contributed by atoms with van der Waals surface area (Å²) in [5.74, 6) is 1.00. The lowest BCUT2D eigenvalue weighted by molar-refractivity contribution is 0.296. The summed E-state index contributed by atoms with van der Waals surface area (Å²) in [6.07, 6.45) is 1.02. The van der Waals surface area contributed by atoms with Crippen molar-refractivity contribution < 1.29 is 0 Å². The third-order valence-electron chi connectivity index (χ3n) is 3.29. The van der Waals surface area contributed by atoms with E-state index < -0.39 is 0 Å². The second kappa shape index (κ2) is 10.00. The molecule has 1 aromatic rings. The Labute approximate surface area is 146 Å². The Morgan fingerprint density at radius 1 is 0.952 bits per heavy atom. The molecular formula is C16H29IN4. The average Bonchev–Trinajstić information content (AvgIpc) is 2.37. The largest absolute Gasteiger partial charge is 0.349 e. The molecule has 1 rings (SSSR count). The van der Waals surface area contributed by atoms with Crippen LogP contribution in [0.1, 0.15) is 5.56 Å². The second-order valence-electron chi connectivity index (χ2n) is 5.74. The van der Waals surface area contributed by atoms with Crippen molar-refractivity contribution in [2.45, 2.75) is 12.5 Å². The number of rotatable bonds is 5. The van der Waals surface area contributed by atoms with E-state index in [4.69, 9.17) is 4.99 Å². The van der Waals surface area contributed by atoms with Gasteiger partial charge >= 0.3 is 0 Å². The number of benzene rings is 1. The molecule has 0 fully saturated rings. The molecule has 5 heteroatoms. The Hall–Kier alpha value is -0.820. The van der Waals surface area contributed by atoms with Gasteiger partial charge < -0.3 is 14.7 Å². The molecule has 1 atom stereocenters. The number of halogens is 1. The molecular weight excluding hydrogens is 375 g/mol. The summed E-state index contributed by atoms with van der Waals surface area (Å²) in [4.78, 5) is 11.1. The molecule has 0 aliphatic rings. The highest BCUT2D eigenvalue weighted by Crippen LogP contribution is 2.07. The summed E-state index contributed by atoms with van der Waals surface area (Å²) in [6.45, 7) is 0.799. The van der Waals surface area contributed by atoms with Crippen LogP contribution in [0.25, 0.3) is 0 Å². The van der Waals surface area contributed by atoms with Crippen molar-refractivity contribution in [1.29, 1.82) is 0 Å². The van der Waals surface area contributed by atoms with Gasteiger partial charge in [-0.3, -0.25) is 4.99 Å². The van der Waals surface area contributed by atoms with Crippen molar-refractivity contribution in [2.24, 2.45) is 4.99 Å². The lowest BCUT2D eigenvalue weighted by Crippen LogP contribution is -2.38. The van der Waals surface area contributed by atoms with Crippen LogP contribution < -0.4 is 0 Å². The predicted octanol–water partition coefficient (Wildman–Crippen LogP) is 2.26. The van der Waals surface area contributed by atoms with Gasteiger partial charge in [-0.2, -0.15) is 0 Å². The second-order valence-corrected chi connectivity index (χ2v) is 5.74. The summed E-state index contributed by atoms with van der Waals surface area (Å²) < 4.78 is 0. The van der Waals surface area contributed by atoms with Crippen molar-refractivity contribution in [3.8, 4) is 0 Å². The van der Waals surface area contributed by atoms with Crippen LogP contribution in [0, 0.1) is 0 Å². The van der Waals surface area contributed by atoms with Crippen LogP contribution in [0.3, 0.4) is 0 Å². The van der Waals surface area contributed by atoms with Gasteiger partial charge in [-0.1, -0.05) is 30.3 Å². The standard InChI is InChI=1S/C16H28N4.HI/c1-18(2)15(12-14-10-8-7-9-11-14)13-17-16(19(3)4)20(5)6;/h7-11,15H,12-13H2,1-6H3;1H. The van der Waals surface area contributed by atoms with E-state index in [1.807, 2.05) is 28.2 Å². The number of likely N-dealkylation sites (N-methyl/N-ethyl adjacent to an activating group) is 1. The Morgan fingerprint density at radius 3 is 1.90 bits per heavy atom. The third kappa shape index (κ3) is 7.13. The van der Waals surface area contributed by atoms with Gasteiger partial charge in [-0.25, -0.2) is 0 Å². The van der Waals surface area contributed by atoms with Gasteiger partial charge in [-0.15, -0.1) is 24.0 Å². The number of hydrogen-bond donors (Lipinski definition) is 0. The molecule has 0 amide bonds. The topological polar surface area (TPSA) is 22.1 Å². The summed E-state index contributed by atoms with van der Waals surface area (Å²) in [5.41, 5.74) is 1.36. The van der Waals surface area contributed by atoms with Gasteiger partial charge in [0.15, 0.2) is 5.96 Å². The maximum atomic E-state index is 4.77. The van der Waals surface area contributed by atoms with E-state index in [0.29, 0.717) is 6.04 Å². The SMILES string of the molecule is CN(C)C(=NCC(Cc1ccccc1)N(C)C)N(C)C.I. The van der Waals surface area contributed by atoms with E-state index in [0.717, 1.165) is 18.9 Å². The smallest absolute Gasteiger partial charge is 0.195 e. The van der Waals surface area contributed by atoms with Gasteiger partial charge in [0.2, 0.25) is 0 Å². The van der Waals surface area contributed by atoms with Crippen LogP contribution >= 0.6 is 24.0 Å². The Bertz CT molecular complexity index is 406. The van der Waals surface area contributed by atoms with E-state index in [2.05, 4.69) is 59.1 Å². The zero-order valence-corrected chi connectivity index (χ0v) is 16.4. The summed E-state index contributed by atoms with van der Waals surface area (Å²) in [5, 5.41) is 0. The van der Waals surface area contributed by atoms with Crippen LogP contribution in [0.15, 0.2) is 35.3 Å². The fourth-order valence-corrected chi connectivity index (χ4v) is 2.17. The highest BCUT2D eigenvalue weighted by atomic mass is 127. The first-order chi connectivity index (χ1) is 9.41. The molecule has 0 heterocycles. The minimum Gasteiger partial charge on any atom is -0.349 e. The van der Waals surface area contributed by atoms with E-state index >= 15 is 0 Å². The maximum Gasteiger partial charge on any atom is 0.195 e. The molecule has 0 bridgehead atoms. The first-order valence-corrected chi connectivity index (χ1v) is 7.01. The highest BCUT2D eigenvalue weighted by molar-refractivity contribution is 14.0. The summed E-state index contributed by atoms with van der Waals surface area (Å²) in [7, 11) is 12.4. The average molecular weight is 404 g/mol. The molecule has 1 unspecified atom stereocenters. The van der Waals surface area contributed by atoms with Crippen LogP contribution in [-0.2, 0) is 6.42 Å². The molecule has 0 aromatic heterocycles.